The summed E-state index contributed by atoms with van der Waals surface area (Å²) in [4.78, 5) is 0. The molecule has 19 heteroatoms. The summed E-state index contributed by atoms with van der Waals surface area (Å²) in [5.74, 6) is 0. The second-order valence-electron chi connectivity index (χ2n) is 11.2. The predicted octanol–water partition coefficient (Wildman–Crippen LogP) is -8.86. The Balaban J connectivity index is 1.50. The largest absolute Gasteiger partial charge is 0.394 e. The highest BCUT2D eigenvalue weighted by molar-refractivity contribution is 5.02. The zero-order chi connectivity index (χ0) is 31.0. The number of aliphatic hydroxyl groups excluding tert-OH is 8. The first kappa shape index (κ1) is 34.1. The highest BCUT2D eigenvalue weighted by Gasteiger charge is 2.54. The van der Waals surface area contributed by atoms with Crippen LogP contribution in [0.4, 0.5) is 0 Å². The van der Waals surface area contributed by atoms with Crippen molar-refractivity contribution < 1.29 is 69.3 Å². The summed E-state index contributed by atoms with van der Waals surface area (Å²) >= 11 is 0. The normalized spacial score (nSPS) is 53.8. The fraction of sp³-hybridized carbons (Fsp3) is 1.00. The first-order chi connectivity index (χ1) is 19.8. The van der Waals surface area contributed by atoms with Gasteiger partial charge in [0.25, 0.3) is 0 Å². The van der Waals surface area contributed by atoms with Crippen molar-refractivity contribution in [3.8, 4) is 0 Å². The molecule has 4 rings (SSSR count). The molecule has 1 aliphatic carbocycles. The summed E-state index contributed by atoms with van der Waals surface area (Å²) in [6.45, 7) is -1.49. The van der Waals surface area contributed by atoms with Gasteiger partial charge in [0, 0.05) is 18.6 Å². The summed E-state index contributed by atoms with van der Waals surface area (Å²) in [7, 11) is 0. The van der Waals surface area contributed by atoms with E-state index in [4.69, 9.17) is 57.1 Å². The Hall–Kier alpha value is -0.760. The van der Waals surface area contributed by atoms with Crippen molar-refractivity contribution >= 4 is 0 Å². The SMILES string of the molecule is NC[C@@H]1O[C@H](O[C@H]2[C@@H](O)[C@H](O[C@@H]3[C@@H](O)[C@H](N)C[C@H](N)[C@H]3O[C@H]3O[C@H](CO)[C@H](O)[C@H](O)[C@H]3N)O[C@@H]2CO)[C@H](N)[C@@H](O)[C@@H]1O. The van der Waals surface area contributed by atoms with E-state index in [2.05, 4.69) is 0 Å². The third-order valence-electron chi connectivity index (χ3n) is 8.32. The van der Waals surface area contributed by atoms with Crippen molar-refractivity contribution in [2.75, 3.05) is 19.8 Å². The molecule has 0 unspecified atom stereocenters. The van der Waals surface area contributed by atoms with Gasteiger partial charge in [-0.05, 0) is 6.42 Å². The molecule has 3 saturated heterocycles. The van der Waals surface area contributed by atoms with E-state index in [1.165, 1.54) is 0 Å². The number of rotatable bonds is 9. The lowest BCUT2D eigenvalue weighted by molar-refractivity contribution is -0.310. The molecule has 0 radical (unpaired) electrons. The van der Waals surface area contributed by atoms with Crippen molar-refractivity contribution in [2.45, 2.75) is 123 Å². The molecule has 246 valence electrons. The molecule has 4 aliphatic rings. The lowest BCUT2D eigenvalue weighted by Gasteiger charge is -2.47. The van der Waals surface area contributed by atoms with Gasteiger partial charge in [0.15, 0.2) is 18.9 Å². The van der Waals surface area contributed by atoms with Crippen molar-refractivity contribution in [1.82, 2.24) is 0 Å². The smallest absolute Gasteiger partial charge is 0.187 e. The minimum atomic E-state index is -1.62. The summed E-state index contributed by atoms with van der Waals surface area (Å²) in [5, 5.41) is 82.3. The van der Waals surface area contributed by atoms with Crippen LogP contribution < -0.4 is 28.7 Å². The monoisotopic (exact) mass is 615 g/mol. The molecule has 1 saturated carbocycles. The van der Waals surface area contributed by atoms with Crippen molar-refractivity contribution in [2.24, 2.45) is 28.7 Å². The van der Waals surface area contributed by atoms with Crippen LogP contribution in [0.1, 0.15) is 6.42 Å². The quantitative estimate of drug-likeness (QED) is 0.114. The van der Waals surface area contributed by atoms with E-state index in [9.17, 15) is 40.9 Å². The van der Waals surface area contributed by atoms with Crippen LogP contribution in [0.5, 0.6) is 0 Å². The van der Waals surface area contributed by atoms with Gasteiger partial charge in [-0.25, -0.2) is 0 Å². The molecule has 0 aromatic rings. The Kier molecular flexibility index (Phi) is 11.5. The molecule has 3 heterocycles. The second kappa shape index (κ2) is 14.1. The number of hydrogen-bond acceptors (Lipinski definition) is 19. The number of aliphatic hydroxyl groups is 8. The second-order valence-corrected chi connectivity index (χ2v) is 11.2. The molecule has 19 nitrogen and oxygen atoms in total. The van der Waals surface area contributed by atoms with Crippen LogP contribution in [0.2, 0.25) is 0 Å². The van der Waals surface area contributed by atoms with Gasteiger partial charge in [0.2, 0.25) is 0 Å². The van der Waals surface area contributed by atoms with Crippen LogP contribution in [0, 0.1) is 0 Å². The Bertz CT molecular complexity index is 866. The topological polar surface area (TPSA) is 347 Å². The van der Waals surface area contributed by atoms with E-state index in [1.807, 2.05) is 0 Å². The highest BCUT2D eigenvalue weighted by Crippen LogP contribution is 2.34. The van der Waals surface area contributed by atoms with Gasteiger partial charge >= 0.3 is 0 Å². The predicted molar refractivity (Wildman–Crippen MR) is 136 cm³/mol. The lowest BCUT2D eigenvalue weighted by atomic mass is 9.84. The van der Waals surface area contributed by atoms with Crippen LogP contribution in [-0.2, 0) is 28.4 Å². The molecule has 0 aromatic carbocycles. The summed E-state index contributed by atoms with van der Waals surface area (Å²) in [5.41, 5.74) is 29.9. The molecule has 0 bridgehead atoms. The summed E-state index contributed by atoms with van der Waals surface area (Å²) < 4.78 is 34.4. The first-order valence-electron chi connectivity index (χ1n) is 13.8. The zero-order valence-corrected chi connectivity index (χ0v) is 22.7. The van der Waals surface area contributed by atoms with Crippen LogP contribution in [0.15, 0.2) is 0 Å². The number of hydrogen-bond donors (Lipinski definition) is 13. The van der Waals surface area contributed by atoms with Crippen LogP contribution in [-0.4, -0.2) is 177 Å². The van der Waals surface area contributed by atoms with Crippen LogP contribution in [0.3, 0.4) is 0 Å². The molecule has 4 fully saturated rings. The minimum absolute atomic E-state index is 0.0642. The maximum absolute atomic E-state index is 11.1. The molecule has 0 spiro atoms. The Labute approximate surface area is 240 Å². The van der Waals surface area contributed by atoms with Gasteiger partial charge in [-0.1, -0.05) is 0 Å². The van der Waals surface area contributed by atoms with Gasteiger partial charge in [-0.3, -0.25) is 0 Å². The van der Waals surface area contributed by atoms with E-state index in [0.717, 1.165) is 0 Å². The molecule has 0 aromatic heterocycles. The first-order valence-corrected chi connectivity index (χ1v) is 13.8. The molecular formula is C23H45N5O14. The lowest BCUT2D eigenvalue weighted by Crippen LogP contribution is -2.68. The van der Waals surface area contributed by atoms with Crippen molar-refractivity contribution in [1.29, 1.82) is 0 Å². The van der Waals surface area contributed by atoms with Crippen LogP contribution in [0.25, 0.3) is 0 Å². The summed E-state index contributed by atoms with van der Waals surface area (Å²) in [6, 6.07) is -4.30. The Morgan fingerprint density at radius 1 is 0.524 bits per heavy atom. The average Bonchev–Trinajstić information content (AvgIpc) is 3.27. The van der Waals surface area contributed by atoms with Crippen molar-refractivity contribution in [3.63, 3.8) is 0 Å². The maximum Gasteiger partial charge on any atom is 0.187 e. The third-order valence-corrected chi connectivity index (χ3v) is 8.32. The zero-order valence-electron chi connectivity index (χ0n) is 22.7. The van der Waals surface area contributed by atoms with Gasteiger partial charge in [0.05, 0.1) is 31.4 Å². The van der Waals surface area contributed by atoms with Crippen LogP contribution >= 0.6 is 0 Å². The third kappa shape index (κ3) is 6.60. The average molecular weight is 616 g/mol. The molecule has 19 atom stereocenters. The molecule has 42 heavy (non-hydrogen) atoms. The van der Waals surface area contributed by atoms with Gasteiger partial charge in [0.1, 0.15) is 67.1 Å². The van der Waals surface area contributed by atoms with E-state index in [-0.39, 0.29) is 13.0 Å². The molecule has 18 N–H and O–H groups in total. The highest BCUT2D eigenvalue weighted by atomic mass is 16.8. The van der Waals surface area contributed by atoms with E-state index in [0.29, 0.717) is 0 Å². The molecule has 0 amide bonds. The maximum atomic E-state index is 11.1. The molecular weight excluding hydrogens is 570 g/mol. The number of ether oxygens (including phenoxy) is 6. The van der Waals surface area contributed by atoms with E-state index < -0.39 is 129 Å². The van der Waals surface area contributed by atoms with Gasteiger partial charge < -0.3 is 97.9 Å². The fourth-order valence-electron chi connectivity index (χ4n) is 5.70. The summed E-state index contributed by atoms with van der Waals surface area (Å²) in [6.07, 6.45) is -20.5. The number of nitrogens with two attached hydrogens (primary N) is 5. The van der Waals surface area contributed by atoms with E-state index in [1.54, 1.807) is 0 Å². The standard InChI is InChI=1S/C23H45N5O14/c24-2-7-13(32)15(34)10(27)21(37-7)41-19-9(4-30)39-23(17(19)36)42-20-12(31)5(25)1-6(26)18(20)40-22-11(28)16(35)14(33)8(3-29)38-22/h5-23,29-36H,1-4,24-28H2/t5-,6+,7+,8-,9-,10-,11-,12+,13-,14+,15-,16-,17-,18-,19-,20-,21-,22-,23+/m1/s1. The van der Waals surface area contributed by atoms with Gasteiger partial charge in [-0.2, -0.15) is 0 Å². The Morgan fingerprint density at radius 3 is 1.55 bits per heavy atom. The minimum Gasteiger partial charge on any atom is -0.394 e. The van der Waals surface area contributed by atoms with Gasteiger partial charge in [-0.15, -0.1) is 0 Å². The molecule has 3 aliphatic heterocycles. The fourth-order valence-corrected chi connectivity index (χ4v) is 5.70. The Morgan fingerprint density at radius 2 is 1.00 bits per heavy atom. The van der Waals surface area contributed by atoms with Crippen molar-refractivity contribution in [3.05, 3.63) is 0 Å². The van der Waals surface area contributed by atoms with E-state index >= 15 is 0 Å².